The van der Waals surface area contributed by atoms with Crippen LogP contribution in [0.15, 0.2) is 11.8 Å². The third kappa shape index (κ3) is 1.64. The normalized spacial score (nSPS) is 11.0. The molecule has 3 nitrogen and oxygen atoms in total. The van der Waals surface area contributed by atoms with Crippen LogP contribution >= 0.6 is 0 Å². The van der Waals surface area contributed by atoms with Crippen LogP contribution in [0.5, 0.6) is 0 Å². The van der Waals surface area contributed by atoms with Gasteiger partial charge in [0.15, 0.2) is 0 Å². The Balaban J connectivity index is 3.83. The average Bonchev–Trinajstić information content (AvgIpc) is 1.84. The SMILES string of the molecule is C/C=C(/N)C(=O)NC. The Bertz CT molecular complexity index is 118. The lowest BCUT2D eigenvalue weighted by molar-refractivity contribution is -0.117. The summed E-state index contributed by atoms with van der Waals surface area (Å²) in [4.78, 5) is 10.4. The van der Waals surface area contributed by atoms with Gasteiger partial charge in [-0.15, -0.1) is 0 Å². The molecule has 0 aliphatic heterocycles. The first-order chi connectivity index (χ1) is 3.72. The van der Waals surface area contributed by atoms with Gasteiger partial charge in [0.1, 0.15) is 0 Å². The Labute approximate surface area is 48.6 Å². The first kappa shape index (κ1) is 7.01. The van der Waals surface area contributed by atoms with E-state index in [1.165, 1.54) is 0 Å². The van der Waals surface area contributed by atoms with Crippen LogP contribution in [-0.2, 0) is 4.79 Å². The smallest absolute Gasteiger partial charge is 0.266 e. The number of nitrogens with one attached hydrogen (secondary N) is 1. The molecule has 0 rings (SSSR count). The van der Waals surface area contributed by atoms with Gasteiger partial charge in [-0.05, 0) is 6.92 Å². The van der Waals surface area contributed by atoms with E-state index in [1.54, 1.807) is 20.0 Å². The Kier molecular flexibility index (Phi) is 2.69. The van der Waals surface area contributed by atoms with Gasteiger partial charge in [0.05, 0.1) is 5.70 Å². The highest BCUT2D eigenvalue weighted by atomic mass is 16.1. The quantitative estimate of drug-likeness (QED) is 0.455. The maximum absolute atomic E-state index is 10.4. The predicted molar refractivity (Wildman–Crippen MR) is 32.0 cm³/mol. The van der Waals surface area contributed by atoms with Crippen molar-refractivity contribution < 1.29 is 4.79 Å². The zero-order valence-corrected chi connectivity index (χ0v) is 5.06. The van der Waals surface area contributed by atoms with Crippen LogP contribution in [0.2, 0.25) is 0 Å². The van der Waals surface area contributed by atoms with E-state index in [1.807, 2.05) is 0 Å². The fourth-order valence-electron chi connectivity index (χ4n) is 0.275. The number of carbonyl (C=O) groups is 1. The van der Waals surface area contributed by atoms with Crippen molar-refractivity contribution in [2.24, 2.45) is 5.73 Å². The summed E-state index contributed by atoms with van der Waals surface area (Å²) >= 11 is 0. The fourth-order valence-corrected chi connectivity index (χ4v) is 0.275. The summed E-state index contributed by atoms with van der Waals surface area (Å²) in [6.45, 7) is 1.71. The zero-order valence-electron chi connectivity index (χ0n) is 5.06. The molecule has 0 unspecified atom stereocenters. The van der Waals surface area contributed by atoms with Gasteiger partial charge in [-0.25, -0.2) is 0 Å². The van der Waals surface area contributed by atoms with Gasteiger partial charge < -0.3 is 11.1 Å². The van der Waals surface area contributed by atoms with Crippen molar-refractivity contribution in [2.75, 3.05) is 7.05 Å². The summed E-state index contributed by atoms with van der Waals surface area (Å²) in [5, 5.41) is 2.38. The minimum atomic E-state index is -0.229. The van der Waals surface area contributed by atoms with Gasteiger partial charge in [0, 0.05) is 7.05 Å². The standard InChI is InChI=1S/C5H10N2O/c1-3-4(6)5(8)7-2/h3H,6H2,1-2H3,(H,7,8)/b4-3+. The second-order valence-electron chi connectivity index (χ2n) is 1.32. The highest BCUT2D eigenvalue weighted by molar-refractivity contribution is 5.91. The van der Waals surface area contributed by atoms with E-state index in [-0.39, 0.29) is 11.6 Å². The van der Waals surface area contributed by atoms with Crippen molar-refractivity contribution in [3.05, 3.63) is 11.8 Å². The minimum absolute atomic E-state index is 0.229. The second kappa shape index (κ2) is 3.07. The fraction of sp³-hybridized carbons (Fsp3) is 0.400. The van der Waals surface area contributed by atoms with Gasteiger partial charge in [-0.3, -0.25) is 4.79 Å². The molecule has 8 heavy (non-hydrogen) atoms. The lowest BCUT2D eigenvalue weighted by Crippen LogP contribution is -2.24. The Morgan fingerprint density at radius 2 is 2.25 bits per heavy atom. The van der Waals surface area contributed by atoms with Gasteiger partial charge in [-0.1, -0.05) is 6.08 Å². The molecule has 0 fully saturated rings. The highest BCUT2D eigenvalue weighted by Crippen LogP contribution is 1.78. The number of carbonyl (C=O) groups excluding carboxylic acids is 1. The van der Waals surface area contributed by atoms with Crippen LogP contribution in [-0.4, -0.2) is 13.0 Å². The van der Waals surface area contributed by atoms with E-state index >= 15 is 0 Å². The molecule has 46 valence electrons. The first-order valence-electron chi connectivity index (χ1n) is 2.36. The number of allylic oxidation sites excluding steroid dienone is 1. The zero-order chi connectivity index (χ0) is 6.57. The number of likely N-dealkylation sites (N-methyl/N-ethyl adjacent to an activating group) is 1. The summed E-state index contributed by atoms with van der Waals surface area (Å²) in [6, 6.07) is 0. The Morgan fingerprint density at radius 3 is 2.38 bits per heavy atom. The van der Waals surface area contributed by atoms with Crippen molar-refractivity contribution in [3.8, 4) is 0 Å². The van der Waals surface area contributed by atoms with Gasteiger partial charge >= 0.3 is 0 Å². The Morgan fingerprint density at radius 1 is 1.75 bits per heavy atom. The maximum atomic E-state index is 10.4. The molecule has 0 heterocycles. The van der Waals surface area contributed by atoms with Crippen molar-refractivity contribution in [1.82, 2.24) is 5.32 Å². The van der Waals surface area contributed by atoms with Crippen LogP contribution in [0.1, 0.15) is 6.92 Å². The molecule has 3 heteroatoms. The largest absolute Gasteiger partial charge is 0.395 e. The third-order valence-electron chi connectivity index (χ3n) is 0.800. The molecular weight excluding hydrogens is 104 g/mol. The van der Waals surface area contributed by atoms with Gasteiger partial charge in [0.2, 0.25) is 0 Å². The molecule has 0 saturated carbocycles. The van der Waals surface area contributed by atoms with Crippen molar-refractivity contribution in [1.29, 1.82) is 0 Å². The van der Waals surface area contributed by atoms with Crippen molar-refractivity contribution >= 4 is 5.91 Å². The minimum Gasteiger partial charge on any atom is -0.395 e. The number of rotatable bonds is 1. The summed E-state index contributed by atoms with van der Waals surface area (Å²) < 4.78 is 0. The summed E-state index contributed by atoms with van der Waals surface area (Å²) in [5.74, 6) is -0.229. The number of hydrogen-bond acceptors (Lipinski definition) is 2. The molecule has 0 atom stereocenters. The molecule has 0 aliphatic carbocycles. The van der Waals surface area contributed by atoms with E-state index in [2.05, 4.69) is 5.32 Å². The van der Waals surface area contributed by atoms with Crippen LogP contribution in [0.25, 0.3) is 0 Å². The van der Waals surface area contributed by atoms with Crippen LogP contribution in [0, 0.1) is 0 Å². The molecule has 3 N–H and O–H groups in total. The molecule has 0 saturated heterocycles. The third-order valence-corrected chi connectivity index (χ3v) is 0.800. The second-order valence-corrected chi connectivity index (χ2v) is 1.32. The summed E-state index contributed by atoms with van der Waals surface area (Å²) in [5.41, 5.74) is 5.43. The van der Waals surface area contributed by atoms with Crippen LogP contribution in [0.3, 0.4) is 0 Å². The van der Waals surface area contributed by atoms with Crippen molar-refractivity contribution in [2.45, 2.75) is 6.92 Å². The summed E-state index contributed by atoms with van der Waals surface area (Å²) in [7, 11) is 1.54. The molecule has 0 spiro atoms. The van der Waals surface area contributed by atoms with E-state index < -0.39 is 0 Å². The molecule has 0 aromatic heterocycles. The molecule has 0 aromatic rings. The van der Waals surface area contributed by atoms with Crippen LogP contribution < -0.4 is 11.1 Å². The Hall–Kier alpha value is -0.990. The molecule has 0 radical (unpaired) electrons. The van der Waals surface area contributed by atoms with E-state index in [9.17, 15) is 4.79 Å². The monoisotopic (exact) mass is 114 g/mol. The molecule has 0 aromatic carbocycles. The highest BCUT2D eigenvalue weighted by Gasteiger charge is 1.96. The first-order valence-corrected chi connectivity index (χ1v) is 2.36. The van der Waals surface area contributed by atoms with E-state index in [4.69, 9.17) is 5.73 Å². The van der Waals surface area contributed by atoms with Gasteiger partial charge in [0.25, 0.3) is 5.91 Å². The molecule has 1 amide bonds. The number of nitrogens with two attached hydrogens (primary N) is 1. The predicted octanol–water partition coefficient (Wildman–Crippen LogP) is -0.405. The number of amides is 1. The van der Waals surface area contributed by atoms with Crippen LogP contribution in [0.4, 0.5) is 0 Å². The van der Waals surface area contributed by atoms with Gasteiger partial charge in [-0.2, -0.15) is 0 Å². The van der Waals surface area contributed by atoms with E-state index in [0.717, 1.165) is 0 Å². The molecule has 0 bridgehead atoms. The number of hydrogen-bond donors (Lipinski definition) is 2. The lowest BCUT2D eigenvalue weighted by Gasteiger charge is -1.94. The molecule has 0 aliphatic rings. The summed E-state index contributed by atoms with van der Waals surface area (Å²) in [6.07, 6.45) is 1.55. The lowest BCUT2D eigenvalue weighted by atomic mass is 10.4. The maximum Gasteiger partial charge on any atom is 0.266 e. The van der Waals surface area contributed by atoms with Crippen molar-refractivity contribution in [3.63, 3.8) is 0 Å². The topological polar surface area (TPSA) is 55.1 Å². The average molecular weight is 114 g/mol. The van der Waals surface area contributed by atoms with E-state index in [0.29, 0.717) is 0 Å². The molecular formula is C5H10N2O.